The molecule has 1 aliphatic carbocycles. The number of rotatable bonds is 4. The minimum Gasteiger partial charge on any atom is -0.363 e. The largest absolute Gasteiger partial charge is 0.363 e. The number of hydrogen-bond donors (Lipinski definition) is 2. The fraction of sp³-hybridized carbons (Fsp3) is 0.294. The number of urea groups is 1. The van der Waals surface area contributed by atoms with Gasteiger partial charge in [-0.2, -0.15) is 0 Å². The average molecular weight is 296 g/mol. The van der Waals surface area contributed by atoms with Crippen LogP contribution in [-0.2, 0) is 0 Å². The summed E-state index contributed by atoms with van der Waals surface area (Å²) in [6, 6.07) is 14.0. The first-order valence-electron chi connectivity index (χ1n) is 7.39. The first-order chi connectivity index (χ1) is 10.6. The van der Waals surface area contributed by atoms with Gasteiger partial charge in [-0.3, -0.25) is 0 Å². The topological polar surface area (TPSA) is 57.3 Å². The van der Waals surface area contributed by atoms with E-state index < -0.39 is 0 Å². The van der Waals surface area contributed by atoms with E-state index in [-0.39, 0.29) is 12.1 Å². The molecule has 3 rings (SSSR count). The molecule has 1 aromatic carbocycles. The molecular weight excluding hydrogens is 276 g/mol. The zero-order valence-corrected chi connectivity index (χ0v) is 12.8. The highest BCUT2D eigenvalue weighted by molar-refractivity contribution is 5.89. The molecule has 1 heterocycles. The van der Waals surface area contributed by atoms with Crippen LogP contribution in [0.3, 0.4) is 0 Å². The number of anilines is 2. The van der Waals surface area contributed by atoms with Gasteiger partial charge in [0.2, 0.25) is 0 Å². The molecule has 2 N–H and O–H groups in total. The van der Waals surface area contributed by atoms with Crippen molar-refractivity contribution < 1.29 is 4.79 Å². The lowest BCUT2D eigenvalue weighted by Crippen LogP contribution is -2.31. The second kappa shape index (κ2) is 6.05. The molecule has 22 heavy (non-hydrogen) atoms. The molecule has 2 atom stereocenters. The second-order valence-corrected chi connectivity index (χ2v) is 5.76. The number of aromatic nitrogens is 1. The Balaban J connectivity index is 1.51. The van der Waals surface area contributed by atoms with E-state index in [1.54, 1.807) is 6.20 Å². The lowest BCUT2D eigenvalue weighted by atomic mass is 10.1. The van der Waals surface area contributed by atoms with Gasteiger partial charge in [-0.25, -0.2) is 9.78 Å². The van der Waals surface area contributed by atoms with Crippen molar-refractivity contribution in [2.45, 2.75) is 18.4 Å². The van der Waals surface area contributed by atoms with Gasteiger partial charge in [-0.15, -0.1) is 0 Å². The molecule has 0 bridgehead atoms. The molecule has 5 heteroatoms. The number of hydrogen-bond acceptors (Lipinski definition) is 3. The van der Waals surface area contributed by atoms with Crippen molar-refractivity contribution in [2.75, 3.05) is 24.3 Å². The number of pyridine rings is 1. The maximum Gasteiger partial charge on any atom is 0.319 e. The van der Waals surface area contributed by atoms with Gasteiger partial charge < -0.3 is 15.5 Å². The van der Waals surface area contributed by atoms with E-state index >= 15 is 0 Å². The lowest BCUT2D eigenvalue weighted by molar-refractivity contribution is 0.251. The zero-order chi connectivity index (χ0) is 15.5. The third-order valence-electron chi connectivity index (χ3n) is 3.80. The number of carbonyl (C=O) groups is 1. The van der Waals surface area contributed by atoms with Gasteiger partial charge in [0.05, 0.1) is 11.9 Å². The monoisotopic (exact) mass is 296 g/mol. The number of carbonyl (C=O) groups excluding carboxylic acids is 1. The Morgan fingerprint density at radius 2 is 1.95 bits per heavy atom. The quantitative estimate of drug-likeness (QED) is 0.912. The fourth-order valence-electron chi connectivity index (χ4n) is 2.48. The van der Waals surface area contributed by atoms with E-state index in [0.717, 1.165) is 12.2 Å². The summed E-state index contributed by atoms with van der Waals surface area (Å²) in [6.45, 7) is 0. The summed E-state index contributed by atoms with van der Waals surface area (Å²) in [5, 5.41) is 5.82. The predicted octanol–water partition coefficient (Wildman–Crippen LogP) is 2.83. The Bertz CT molecular complexity index is 639. The van der Waals surface area contributed by atoms with E-state index in [9.17, 15) is 4.79 Å². The molecule has 5 nitrogen and oxygen atoms in total. The summed E-state index contributed by atoms with van der Waals surface area (Å²) < 4.78 is 0. The van der Waals surface area contributed by atoms with E-state index in [4.69, 9.17) is 0 Å². The van der Waals surface area contributed by atoms with Gasteiger partial charge >= 0.3 is 6.03 Å². The summed E-state index contributed by atoms with van der Waals surface area (Å²) in [5.41, 5.74) is 1.98. The van der Waals surface area contributed by atoms with Crippen LogP contribution in [0.1, 0.15) is 17.9 Å². The van der Waals surface area contributed by atoms with Crippen LogP contribution < -0.4 is 15.5 Å². The molecule has 1 saturated carbocycles. The molecular formula is C17H20N4O. The Hall–Kier alpha value is -2.56. The van der Waals surface area contributed by atoms with Crippen molar-refractivity contribution in [1.29, 1.82) is 0 Å². The van der Waals surface area contributed by atoms with Gasteiger partial charge in [0.1, 0.15) is 5.82 Å². The van der Waals surface area contributed by atoms with Crippen LogP contribution in [0.15, 0.2) is 48.7 Å². The molecule has 2 unspecified atom stereocenters. The van der Waals surface area contributed by atoms with Gasteiger partial charge in [0, 0.05) is 26.1 Å². The molecule has 0 aliphatic heterocycles. The minimum atomic E-state index is -0.178. The Morgan fingerprint density at radius 1 is 1.18 bits per heavy atom. The molecule has 1 aliphatic rings. The molecule has 0 radical (unpaired) electrons. The van der Waals surface area contributed by atoms with Gasteiger partial charge in [-0.05, 0) is 24.1 Å². The van der Waals surface area contributed by atoms with Gasteiger partial charge in [0.25, 0.3) is 0 Å². The van der Waals surface area contributed by atoms with Crippen molar-refractivity contribution in [1.82, 2.24) is 10.3 Å². The summed E-state index contributed by atoms with van der Waals surface area (Å²) >= 11 is 0. The highest BCUT2D eigenvalue weighted by atomic mass is 16.2. The highest BCUT2D eigenvalue weighted by Gasteiger charge is 2.39. The normalized spacial score (nSPS) is 19.4. The molecule has 2 amide bonds. The molecule has 2 aromatic rings. The first-order valence-corrected chi connectivity index (χ1v) is 7.39. The Kier molecular flexibility index (Phi) is 3.96. The number of nitrogens with one attached hydrogen (secondary N) is 2. The molecule has 1 fully saturated rings. The van der Waals surface area contributed by atoms with Crippen LogP contribution in [0.5, 0.6) is 0 Å². The summed E-state index contributed by atoms with van der Waals surface area (Å²) in [4.78, 5) is 18.2. The van der Waals surface area contributed by atoms with Crippen molar-refractivity contribution >= 4 is 17.5 Å². The van der Waals surface area contributed by atoms with Crippen LogP contribution in [0.2, 0.25) is 0 Å². The SMILES string of the molecule is CN(C)c1ccc(NC(=O)NC2CC2c2ccccc2)cn1. The summed E-state index contributed by atoms with van der Waals surface area (Å²) in [7, 11) is 3.86. The standard InChI is InChI=1S/C17H20N4O/c1-21(2)16-9-8-13(11-18-16)19-17(22)20-15-10-14(15)12-6-4-3-5-7-12/h3-9,11,14-15H,10H2,1-2H3,(H2,19,20,22). The molecule has 114 valence electrons. The maximum absolute atomic E-state index is 12.0. The molecule has 0 spiro atoms. The number of nitrogens with zero attached hydrogens (tertiary/aromatic N) is 2. The van der Waals surface area contributed by atoms with Crippen molar-refractivity contribution in [3.8, 4) is 0 Å². The van der Waals surface area contributed by atoms with E-state index in [2.05, 4.69) is 27.8 Å². The van der Waals surface area contributed by atoms with E-state index in [0.29, 0.717) is 11.6 Å². The third kappa shape index (κ3) is 3.36. The van der Waals surface area contributed by atoms with Gasteiger partial charge in [0.15, 0.2) is 0 Å². The summed E-state index contributed by atoms with van der Waals surface area (Å²) in [6.07, 6.45) is 2.66. The Labute approximate surface area is 130 Å². The molecule has 1 aromatic heterocycles. The van der Waals surface area contributed by atoms with E-state index in [1.807, 2.05) is 49.3 Å². The predicted molar refractivity (Wildman–Crippen MR) is 88.3 cm³/mol. The van der Waals surface area contributed by atoms with Crippen LogP contribution in [0.25, 0.3) is 0 Å². The third-order valence-corrected chi connectivity index (χ3v) is 3.80. The molecule has 0 saturated heterocycles. The fourth-order valence-corrected chi connectivity index (χ4v) is 2.48. The van der Waals surface area contributed by atoms with Crippen LogP contribution >= 0.6 is 0 Å². The van der Waals surface area contributed by atoms with Crippen LogP contribution in [0, 0.1) is 0 Å². The smallest absolute Gasteiger partial charge is 0.319 e. The lowest BCUT2D eigenvalue weighted by Gasteiger charge is -2.12. The average Bonchev–Trinajstić information content (AvgIpc) is 3.27. The minimum absolute atomic E-state index is 0.178. The summed E-state index contributed by atoms with van der Waals surface area (Å²) in [5.74, 6) is 1.29. The zero-order valence-electron chi connectivity index (χ0n) is 12.8. The number of amides is 2. The Morgan fingerprint density at radius 3 is 2.59 bits per heavy atom. The van der Waals surface area contributed by atoms with Gasteiger partial charge in [-0.1, -0.05) is 30.3 Å². The van der Waals surface area contributed by atoms with Crippen molar-refractivity contribution in [3.63, 3.8) is 0 Å². The van der Waals surface area contributed by atoms with E-state index in [1.165, 1.54) is 5.56 Å². The number of benzene rings is 1. The second-order valence-electron chi connectivity index (χ2n) is 5.76. The highest BCUT2D eigenvalue weighted by Crippen LogP contribution is 2.40. The van der Waals surface area contributed by atoms with Crippen LogP contribution in [0.4, 0.5) is 16.3 Å². The van der Waals surface area contributed by atoms with Crippen molar-refractivity contribution in [2.24, 2.45) is 0 Å². The van der Waals surface area contributed by atoms with Crippen molar-refractivity contribution in [3.05, 3.63) is 54.2 Å². The first kappa shape index (κ1) is 14.4. The maximum atomic E-state index is 12.0. The van der Waals surface area contributed by atoms with Crippen LogP contribution in [-0.4, -0.2) is 31.2 Å².